The van der Waals surface area contributed by atoms with Crippen LogP contribution in [0.4, 0.5) is 0 Å². The number of rotatable bonds is 4. The highest BCUT2D eigenvalue weighted by atomic mass is 14.3. The molecule has 0 saturated heterocycles. The van der Waals surface area contributed by atoms with Crippen molar-refractivity contribution in [2.45, 2.75) is 54.4 Å². The van der Waals surface area contributed by atoms with Crippen LogP contribution >= 0.6 is 0 Å². The quantitative estimate of drug-likeness (QED) is 0.588. The number of hydrogen-bond acceptors (Lipinski definition) is 0. The van der Waals surface area contributed by atoms with Crippen LogP contribution in [0.2, 0.25) is 0 Å². The van der Waals surface area contributed by atoms with E-state index in [0.29, 0.717) is 5.41 Å². The fraction of sp³-hybridized carbons (Fsp3) is 0.917. The predicted molar refractivity (Wildman–Crippen MR) is 57.0 cm³/mol. The zero-order chi connectivity index (χ0) is 9.78. The molecule has 0 saturated carbocycles. The molecule has 0 aliphatic carbocycles. The van der Waals surface area contributed by atoms with E-state index >= 15 is 0 Å². The van der Waals surface area contributed by atoms with Gasteiger partial charge in [-0.1, -0.05) is 41.5 Å². The first-order valence-electron chi connectivity index (χ1n) is 5.15. The van der Waals surface area contributed by atoms with Crippen molar-refractivity contribution < 1.29 is 0 Å². The first-order valence-corrected chi connectivity index (χ1v) is 5.15. The second-order valence-electron chi connectivity index (χ2n) is 5.34. The minimum atomic E-state index is 0.469. The summed E-state index contributed by atoms with van der Waals surface area (Å²) < 4.78 is 0. The van der Waals surface area contributed by atoms with E-state index in [1.54, 1.807) is 0 Å². The van der Waals surface area contributed by atoms with Crippen LogP contribution in [0, 0.1) is 23.7 Å². The van der Waals surface area contributed by atoms with E-state index in [1.165, 1.54) is 12.8 Å². The van der Waals surface area contributed by atoms with E-state index in [2.05, 4.69) is 48.0 Å². The zero-order valence-corrected chi connectivity index (χ0v) is 9.65. The molecule has 0 aliphatic heterocycles. The van der Waals surface area contributed by atoms with Gasteiger partial charge in [0.1, 0.15) is 0 Å². The normalized spacial score (nSPS) is 15.2. The van der Waals surface area contributed by atoms with Crippen molar-refractivity contribution in [2.75, 3.05) is 0 Å². The van der Waals surface area contributed by atoms with Crippen LogP contribution in [0.25, 0.3) is 0 Å². The van der Waals surface area contributed by atoms with Crippen molar-refractivity contribution in [2.24, 2.45) is 17.3 Å². The molecule has 0 fully saturated rings. The average molecular weight is 169 g/mol. The first-order chi connectivity index (χ1) is 5.38. The summed E-state index contributed by atoms with van der Waals surface area (Å²) in [7, 11) is 0. The third kappa shape index (κ3) is 4.79. The largest absolute Gasteiger partial charge is 0.0628 e. The maximum Gasteiger partial charge on any atom is -0.0354 e. The number of hydrogen-bond donors (Lipinski definition) is 0. The lowest BCUT2D eigenvalue weighted by Crippen LogP contribution is -2.22. The summed E-state index contributed by atoms with van der Waals surface area (Å²) in [5.74, 6) is 1.68. The molecule has 12 heavy (non-hydrogen) atoms. The average Bonchev–Trinajstić information content (AvgIpc) is 1.83. The highest BCUT2D eigenvalue weighted by Gasteiger charge is 2.24. The van der Waals surface area contributed by atoms with Gasteiger partial charge in [0, 0.05) is 0 Å². The van der Waals surface area contributed by atoms with Gasteiger partial charge in [-0.15, -0.1) is 0 Å². The van der Waals surface area contributed by atoms with Crippen LogP contribution in [-0.4, -0.2) is 0 Å². The fourth-order valence-electron chi connectivity index (χ4n) is 1.66. The van der Waals surface area contributed by atoms with Gasteiger partial charge in [0.2, 0.25) is 0 Å². The Morgan fingerprint density at radius 2 is 1.67 bits per heavy atom. The second kappa shape index (κ2) is 4.89. The molecule has 0 spiro atoms. The summed E-state index contributed by atoms with van der Waals surface area (Å²) >= 11 is 0. The van der Waals surface area contributed by atoms with Gasteiger partial charge in [-0.3, -0.25) is 0 Å². The van der Waals surface area contributed by atoms with Crippen molar-refractivity contribution >= 4 is 0 Å². The van der Waals surface area contributed by atoms with E-state index in [0.717, 1.165) is 11.8 Å². The summed E-state index contributed by atoms with van der Waals surface area (Å²) in [5.41, 5.74) is 0.469. The Bertz CT molecular complexity index is 106. The van der Waals surface area contributed by atoms with Crippen molar-refractivity contribution in [3.63, 3.8) is 0 Å². The molecule has 0 nitrogen and oxygen atoms in total. The van der Waals surface area contributed by atoms with E-state index in [-0.39, 0.29) is 0 Å². The van der Waals surface area contributed by atoms with Crippen LogP contribution < -0.4 is 0 Å². The van der Waals surface area contributed by atoms with Crippen LogP contribution in [0.5, 0.6) is 0 Å². The third-order valence-corrected chi connectivity index (χ3v) is 2.50. The lowest BCUT2D eigenvalue weighted by Gasteiger charge is -2.31. The predicted octanol–water partition coefficient (Wildman–Crippen LogP) is 4.31. The molecule has 0 aliphatic rings. The summed E-state index contributed by atoms with van der Waals surface area (Å²) in [5, 5.41) is 0. The van der Waals surface area contributed by atoms with Crippen LogP contribution in [0.3, 0.4) is 0 Å². The molecule has 0 aromatic carbocycles. The molecule has 1 unspecified atom stereocenters. The Morgan fingerprint density at radius 3 is 1.92 bits per heavy atom. The first kappa shape index (κ1) is 12.0. The van der Waals surface area contributed by atoms with Crippen molar-refractivity contribution in [3.05, 3.63) is 6.42 Å². The molecular formula is C12H25. The van der Waals surface area contributed by atoms with Gasteiger partial charge in [-0.05, 0) is 36.5 Å². The Morgan fingerprint density at radius 1 is 1.17 bits per heavy atom. The van der Waals surface area contributed by atoms with Crippen LogP contribution in [0.1, 0.15) is 54.4 Å². The molecule has 1 atom stereocenters. The molecule has 1 radical (unpaired) electrons. The van der Waals surface area contributed by atoms with Gasteiger partial charge in [-0.2, -0.15) is 0 Å². The molecule has 73 valence electrons. The van der Waals surface area contributed by atoms with Crippen LogP contribution in [0.15, 0.2) is 0 Å². The Hall–Kier alpha value is 0. The smallest absolute Gasteiger partial charge is 0.0354 e. The standard InChI is InChI=1S/C12H25/c1-7-8-11(9-10(2)3)12(4,5)6/h7,10-11H,8-9H2,1-6H3. The SMILES string of the molecule is C[CH]CC(CC(C)C)C(C)(C)C. The van der Waals surface area contributed by atoms with Crippen LogP contribution in [-0.2, 0) is 0 Å². The lowest BCUT2D eigenvalue weighted by molar-refractivity contribution is 0.201. The molecule has 0 aromatic heterocycles. The maximum absolute atomic E-state index is 2.35. The molecule has 0 aromatic rings. The molecule has 0 N–H and O–H groups in total. The molecular weight excluding hydrogens is 144 g/mol. The molecule has 0 bridgehead atoms. The van der Waals surface area contributed by atoms with Gasteiger partial charge < -0.3 is 0 Å². The molecule has 0 amide bonds. The molecule has 0 heterocycles. The Balaban J connectivity index is 4.04. The second-order valence-corrected chi connectivity index (χ2v) is 5.34. The minimum Gasteiger partial charge on any atom is -0.0628 e. The topological polar surface area (TPSA) is 0 Å². The molecule has 0 heteroatoms. The Labute approximate surface area is 78.8 Å². The van der Waals surface area contributed by atoms with E-state index in [4.69, 9.17) is 0 Å². The minimum absolute atomic E-state index is 0.469. The van der Waals surface area contributed by atoms with Gasteiger partial charge in [0.05, 0.1) is 0 Å². The van der Waals surface area contributed by atoms with Crippen molar-refractivity contribution in [3.8, 4) is 0 Å². The van der Waals surface area contributed by atoms with E-state index < -0.39 is 0 Å². The summed E-state index contributed by atoms with van der Waals surface area (Å²) in [4.78, 5) is 0. The molecule has 0 rings (SSSR count). The summed E-state index contributed by atoms with van der Waals surface area (Å²) in [6.45, 7) is 13.8. The van der Waals surface area contributed by atoms with Gasteiger partial charge >= 0.3 is 0 Å². The van der Waals surface area contributed by atoms with Gasteiger partial charge in [0.25, 0.3) is 0 Å². The van der Waals surface area contributed by atoms with E-state index in [9.17, 15) is 0 Å². The zero-order valence-electron chi connectivity index (χ0n) is 9.65. The summed E-state index contributed by atoms with van der Waals surface area (Å²) in [6, 6.07) is 0. The highest BCUT2D eigenvalue weighted by Crippen LogP contribution is 2.34. The van der Waals surface area contributed by atoms with E-state index in [1.807, 2.05) is 0 Å². The lowest BCUT2D eigenvalue weighted by atomic mass is 9.74. The van der Waals surface area contributed by atoms with Crippen molar-refractivity contribution in [1.29, 1.82) is 0 Å². The monoisotopic (exact) mass is 169 g/mol. The fourth-order valence-corrected chi connectivity index (χ4v) is 1.66. The highest BCUT2D eigenvalue weighted by molar-refractivity contribution is 4.78. The summed E-state index contributed by atoms with van der Waals surface area (Å²) in [6.07, 6.45) is 4.92. The maximum atomic E-state index is 2.35. The third-order valence-electron chi connectivity index (χ3n) is 2.50. The van der Waals surface area contributed by atoms with Gasteiger partial charge in [0.15, 0.2) is 0 Å². The van der Waals surface area contributed by atoms with Crippen molar-refractivity contribution in [1.82, 2.24) is 0 Å². The Kier molecular flexibility index (Phi) is 4.89. The van der Waals surface area contributed by atoms with Gasteiger partial charge in [-0.25, -0.2) is 0 Å².